The number of hydrogen-bond donors (Lipinski definition) is 4. The van der Waals surface area contributed by atoms with Crippen LogP contribution in [-0.2, 0) is 39.0 Å². The Hall–Kier alpha value is -15.9. The molecule has 0 saturated heterocycles. The molecule has 135 heavy (non-hydrogen) atoms. The van der Waals surface area contributed by atoms with Crippen molar-refractivity contribution in [2.24, 2.45) is 26.1 Å². The van der Waals surface area contributed by atoms with Gasteiger partial charge < -0.3 is 82.5 Å². The van der Waals surface area contributed by atoms with E-state index in [9.17, 15) is 24.8 Å². The van der Waals surface area contributed by atoms with E-state index >= 15 is 0 Å². The summed E-state index contributed by atoms with van der Waals surface area (Å²) in [5.74, 6) is 4.76. The van der Waals surface area contributed by atoms with Crippen LogP contribution >= 0.6 is 0 Å². The summed E-state index contributed by atoms with van der Waals surface area (Å²) in [5, 5.41) is 58.1. The minimum atomic E-state index is -1.03. The van der Waals surface area contributed by atoms with Crippen LogP contribution in [0.3, 0.4) is 0 Å². The molecule has 9 aromatic heterocycles. The fourth-order valence-electron chi connectivity index (χ4n) is 15.1. The molecular weight excluding hydrogens is 1720 g/mol. The highest BCUT2D eigenvalue weighted by Crippen LogP contribution is 2.40. The highest BCUT2D eigenvalue weighted by Gasteiger charge is 2.25. The van der Waals surface area contributed by atoms with Gasteiger partial charge in [0.1, 0.15) is 51.9 Å². The van der Waals surface area contributed by atoms with Crippen molar-refractivity contribution in [1.29, 1.82) is 0 Å². The zero-order chi connectivity index (χ0) is 94.8. The van der Waals surface area contributed by atoms with Gasteiger partial charge in [-0.05, 0) is 98.8 Å². The van der Waals surface area contributed by atoms with Gasteiger partial charge in [-0.25, -0.2) is 29.3 Å². The molecule has 0 amide bonds. The van der Waals surface area contributed by atoms with E-state index in [1.54, 1.807) is 137 Å². The van der Waals surface area contributed by atoms with Gasteiger partial charge >= 0.3 is 0 Å². The molecule has 17 aromatic rings. The zero-order valence-electron chi connectivity index (χ0n) is 76.9. The Morgan fingerprint density at radius 1 is 0.393 bits per heavy atom. The minimum Gasteiger partial charge on any atom is -0.497 e. The van der Waals surface area contributed by atoms with Crippen LogP contribution in [0.15, 0.2) is 249 Å². The van der Waals surface area contributed by atoms with Crippen LogP contribution in [0.2, 0.25) is 0 Å². The van der Waals surface area contributed by atoms with Gasteiger partial charge in [0.2, 0.25) is 0 Å². The van der Waals surface area contributed by atoms with Gasteiger partial charge in [-0.1, -0.05) is 6.08 Å². The summed E-state index contributed by atoms with van der Waals surface area (Å²) < 4.78 is 66.4. The Labute approximate surface area is 777 Å². The normalized spacial score (nSPS) is 12.2. The highest BCUT2D eigenvalue weighted by molar-refractivity contribution is 6.01. The molecule has 3 atom stereocenters. The summed E-state index contributed by atoms with van der Waals surface area (Å²) in [6, 6.07) is 44.6. The maximum absolute atomic E-state index is 14.2. The third-order valence-corrected chi connectivity index (χ3v) is 22.1. The fourth-order valence-corrected chi connectivity index (χ4v) is 15.1. The second kappa shape index (κ2) is 43.4. The first-order chi connectivity index (χ1) is 65.5. The Balaban J connectivity index is 0.000000137. The van der Waals surface area contributed by atoms with Crippen LogP contribution in [-0.4, -0.2) is 236 Å². The van der Waals surface area contributed by atoms with Crippen LogP contribution in [0, 0.1) is 12.7 Å². The number of aliphatic imine (C=N–C) groups is 1. The number of aliphatic hydroxyl groups is 4. The molecule has 2 unspecified atom stereocenters. The molecule has 0 fully saturated rings. The summed E-state index contributed by atoms with van der Waals surface area (Å²) in [6.45, 7) is 6.83. The van der Waals surface area contributed by atoms with Crippen molar-refractivity contribution >= 4 is 95.3 Å². The van der Waals surface area contributed by atoms with E-state index in [1.165, 1.54) is 19.2 Å². The van der Waals surface area contributed by atoms with Gasteiger partial charge in [-0.3, -0.25) is 43.7 Å². The van der Waals surface area contributed by atoms with E-state index in [-0.39, 0.29) is 13.2 Å². The first-order valence-electron chi connectivity index (χ1n) is 43.1. The molecule has 18 rings (SSSR count). The second-order valence-corrected chi connectivity index (χ2v) is 31.4. The van der Waals surface area contributed by atoms with E-state index < -0.39 is 30.7 Å². The molecular formula is C99H104FN23O12. The number of aliphatic hydroxyl groups excluding tert-OH is 4. The van der Waals surface area contributed by atoms with Crippen LogP contribution in [0.25, 0.3) is 89.2 Å². The highest BCUT2D eigenvalue weighted by atomic mass is 19.1. The third kappa shape index (κ3) is 23.2. The monoisotopic (exact) mass is 1830 g/mol. The number of nitrogens with zero attached hydrogens (tertiary/aromatic N) is 23. The molecule has 0 aliphatic carbocycles. The average Bonchev–Trinajstić information content (AvgIpc) is 1.58. The summed E-state index contributed by atoms with van der Waals surface area (Å²) >= 11 is 0. The molecule has 36 heteroatoms. The summed E-state index contributed by atoms with van der Waals surface area (Å²) in [4.78, 5) is 54.2. The van der Waals surface area contributed by atoms with Crippen molar-refractivity contribution < 1.29 is 62.7 Å². The Morgan fingerprint density at radius 2 is 0.748 bits per heavy atom. The number of aryl methyl sites for hydroxylation is 5. The maximum atomic E-state index is 14.2. The first kappa shape index (κ1) is 93.8. The number of aromatic nitrogens is 18. The smallest absolute Gasteiger partial charge is 0.128 e. The molecule has 35 nitrogen and oxygen atoms in total. The van der Waals surface area contributed by atoms with Crippen molar-refractivity contribution in [1.82, 2.24) is 88.5 Å². The van der Waals surface area contributed by atoms with Crippen molar-refractivity contribution in [3.63, 3.8) is 0 Å². The quantitative estimate of drug-likeness (QED) is 0.0297. The van der Waals surface area contributed by atoms with E-state index in [4.69, 9.17) is 57.8 Å². The number of fused-ring (bicyclic) bond motifs is 4. The molecule has 694 valence electrons. The van der Waals surface area contributed by atoms with Crippen LogP contribution in [0.4, 0.5) is 49.9 Å². The second-order valence-electron chi connectivity index (χ2n) is 31.4. The van der Waals surface area contributed by atoms with Gasteiger partial charge in [0.25, 0.3) is 0 Å². The lowest BCUT2D eigenvalue weighted by Crippen LogP contribution is -2.32. The Bertz CT molecular complexity index is 6960. The topological polar surface area (TPSA) is 372 Å². The number of anilines is 8. The first-order valence-corrected chi connectivity index (χ1v) is 43.1. The predicted octanol–water partition coefficient (Wildman–Crippen LogP) is 14.3. The van der Waals surface area contributed by atoms with Gasteiger partial charge in [0.15, 0.2) is 0 Å². The Morgan fingerprint density at radius 3 is 1.08 bits per heavy atom. The summed E-state index contributed by atoms with van der Waals surface area (Å²) in [5.41, 5.74) is 19.8. The van der Waals surface area contributed by atoms with Gasteiger partial charge in [-0.2, -0.15) is 20.4 Å². The molecule has 0 spiro atoms. The molecule has 0 radical (unpaired) electrons. The maximum Gasteiger partial charge on any atom is 0.128 e. The van der Waals surface area contributed by atoms with E-state index in [0.29, 0.717) is 89.6 Å². The molecule has 8 aromatic carbocycles. The van der Waals surface area contributed by atoms with Gasteiger partial charge in [0, 0.05) is 206 Å². The number of benzene rings is 8. The largest absolute Gasteiger partial charge is 0.497 e. The van der Waals surface area contributed by atoms with E-state index in [1.807, 2.05) is 206 Å². The van der Waals surface area contributed by atoms with E-state index in [0.717, 1.165) is 136 Å². The molecule has 0 saturated carbocycles. The number of imidazole rings is 1. The molecule has 1 aliphatic heterocycles. The number of hydrogen-bond acceptors (Lipinski definition) is 30. The number of ether oxygens (including phenoxy) is 8. The Kier molecular flexibility index (Phi) is 30.2. The minimum absolute atomic E-state index is 0.0466. The van der Waals surface area contributed by atoms with E-state index in [2.05, 4.69) is 67.4 Å². The van der Waals surface area contributed by atoms with Crippen LogP contribution in [0.1, 0.15) is 12.7 Å². The third-order valence-electron chi connectivity index (χ3n) is 22.1. The standard InChI is InChI=1S/C27H29N7O3.C25H24N6O2.C24H27N5O4.C23H24FN5O3/c1-18-28-7-8-33(18)16-22(35)17-34(21-9-23(36-3)12-24(10-21)37-4)20-5-6-25-26(11-20)31-27(14-29-25)19-13-30-32(2)15-19;1-30-15-17(13-28-30)25-14-27-23-7-6-19(11-24(23)29-25)31(16-18-5-4-8-26-18)20-9-21(32-2)12-22(10-20)33-3;1-28-13-16(11-26-28)24-12-25-22-6-5-17(9-23(22)27-24)29(14-19(30)15-31-2)18-7-20(32-3)10-21(8-18)33-4;1-3-28-12-15(10-26-28)23-11-25-21-5-4-17(9-22(21)27-23)29(13-19(31)14-30)18-6-16(24)7-20(8-18)32-2/h5-15,22,35H,16-17H2,1-4H3;4-7,9-15H,8,16H2,1-3H3;5-13,19,30H,14-15H2,1-4H3;4-12,19,30-31H,3,13-14H2,1-2H3/t;;19-;/m..1./s1. The summed E-state index contributed by atoms with van der Waals surface area (Å²) in [7, 11) is 18.4. The number of methoxy groups -OCH3 is 8. The van der Waals surface area contributed by atoms with Crippen LogP contribution in [0.5, 0.6) is 40.2 Å². The lowest BCUT2D eigenvalue weighted by atomic mass is 10.1. The summed E-state index contributed by atoms with van der Waals surface area (Å²) in [6.07, 6.45) is 27.0. The molecule has 1 aliphatic rings. The number of rotatable bonds is 33. The average molecular weight is 1830 g/mol. The fraction of sp³-hybridized carbons (Fsp3) is 0.253. The molecule has 4 N–H and O–H groups in total. The molecule has 10 heterocycles. The van der Waals surface area contributed by atoms with Crippen molar-refractivity contribution in [3.05, 3.63) is 256 Å². The molecule has 0 bridgehead atoms. The van der Waals surface area contributed by atoms with Crippen molar-refractivity contribution in [2.45, 2.75) is 45.2 Å². The lowest BCUT2D eigenvalue weighted by molar-refractivity contribution is 0.0701. The van der Waals surface area contributed by atoms with Crippen molar-refractivity contribution in [3.8, 4) is 85.3 Å². The SMILES string of the molecule is CCn1cc(-c2cnc3ccc(N(CC(O)CO)c4cc(F)cc(OC)c4)cc3n2)cn1.COC[C@H](O)CN(c1cc(OC)cc(OC)c1)c1ccc2ncc(-c3cnn(C)c3)nc2c1.COc1cc(OC)cc(N(CC(O)Cn2ccnc2C)c2ccc3ncc(-c4cnn(C)c4)nc3c2)c1.COc1cc(OC)cc(N(CC2=NCC=C2)c2ccc3ncc(-c4cnn(C)c4)nc3c2)c1. The lowest BCUT2D eigenvalue weighted by Gasteiger charge is -2.28. The predicted molar refractivity (Wildman–Crippen MR) is 517 cm³/mol. The van der Waals surface area contributed by atoms with Crippen molar-refractivity contribution in [2.75, 3.05) is 122 Å². The zero-order valence-corrected chi connectivity index (χ0v) is 76.9. The van der Waals surface area contributed by atoms with Gasteiger partial charge in [-0.15, -0.1) is 0 Å². The van der Waals surface area contributed by atoms with Crippen LogP contribution < -0.4 is 52.8 Å². The van der Waals surface area contributed by atoms with Gasteiger partial charge in [0.05, 0.1) is 243 Å². The number of halogens is 1.